The first-order valence-electron chi connectivity index (χ1n) is 16.9. The molecule has 2 aromatic heterocycles. The van der Waals surface area contributed by atoms with Crippen molar-refractivity contribution in [2.45, 2.75) is 36.9 Å². The van der Waals surface area contributed by atoms with Crippen molar-refractivity contribution in [3.63, 3.8) is 0 Å². The first-order chi connectivity index (χ1) is 27.6. The fraction of sp³-hybridized carbons (Fsp3) is 0.294. The van der Waals surface area contributed by atoms with E-state index in [0.717, 1.165) is 24.3 Å². The average molecular weight is 851 g/mol. The lowest BCUT2D eigenvalue weighted by Crippen LogP contribution is -2.29. The zero-order valence-electron chi connectivity index (χ0n) is 30.8. The van der Waals surface area contributed by atoms with E-state index in [1.807, 2.05) is 0 Å². The number of carbonyl (C=O) groups excluding carboxylic acids is 2. The van der Waals surface area contributed by atoms with Crippen LogP contribution in [0.3, 0.4) is 0 Å². The molecule has 58 heavy (non-hydrogen) atoms. The minimum atomic E-state index is -4.18. The lowest BCUT2D eigenvalue weighted by molar-refractivity contribution is -0.388. The fourth-order valence-electron chi connectivity index (χ4n) is 4.59. The predicted molar refractivity (Wildman–Crippen MR) is 200 cm³/mol. The standard InChI is InChI=1S/C19H21N3O9S.C15H17N3O7S/c1-3-29-18(23)14-11-13(12-15(21-14)19(24)30-4-2)31-10-9-20-32(27,28)17-8-6-5-7-16(17)22(25)26;19-9-11-7-13(8-12(10-20)17-11)25-6-5-16-26(23,24)15-4-2-1-3-14(15)18(21)22/h5-8,11-12,20H,3-4,9-10H2,1-2H3;1-4,7-8,16,19-20H,5-6,9-10H2. The van der Waals surface area contributed by atoms with Crippen molar-refractivity contribution in [3.05, 3.63) is 116 Å². The molecule has 0 unspecified atom stereocenters. The molecule has 0 amide bonds. The van der Waals surface area contributed by atoms with E-state index in [1.54, 1.807) is 13.8 Å². The molecule has 0 saturated carbocycles. The van der Waals surface area contributed by atoms with Gasteiger partial charge in [0.2, 0.25) is 20.0 Å². The molecule has 24 heteroatoms. The largest absolute Gasteiger partial charge is 0.492 e. The van der Waals surface area contributed by atoms with Crippen LogP contribution in [0.2, 0.25) is 0 Å². The number of pyridine rings is 2. The normalized spacial score (nSPS) is 11.1. The lowest BCUT2D eigenvalue weighted by Gasteiger charge is -2.11. The molecular formula is C34H38N6O16S2. The van der Waals surface area contributed by atoms with E-state index in [1.165, 1.54) is 48.5 Å². The van der Waals surface area contributed by atoms with Gasteiger partial charge in [-0.05, 0) is 26.0 Å². The lowest BCUT2D eigenvalue weighted by atomic mass is 10.2. The van der Waals surface area contributed by atoms with Crippen LogP contribution >= 0.6 is 0 Å². The minimum absolute atomic E-state index is 0.0518. The van der Waals surface area contributed by atoms with Crippen molar-refractivity contribution in [2.75, 3.05) is 39.5 Å². The van der Waals surface area contributed by atoms with Gasteiger partial charge < -0.3 is 29.2 Å². The summed E-state index contributed by atoms with van der Waals surface area (Å²) < 4.78 is 74.2. The molecule has 4 rings (SSSR count). The third-order valence-corrected chi connectivity index (χ3v) is 10.0. The maximum Gasteiger partial charge on any atom is 0.357 e. The van der Waals surface area contributed by atoms with Gasteiger partial charge in [0.25, 0.3) is 11.4 Å². The number of nitrogens with zero attached hydrogens (tertiary/aromatic N) is 4. The Balaban J connectivity index is 0.000000317. The number of nitro benzene ring substituents is 2. The van der Waals surface area contributed by atoms with Crippen LogP contribution in [-0.4, -0.2) is 98.3 Å². The topological polar surface area (TPSA) is 316 Å². The smallest absolute Gasteiger partial charge is 0.357 e. The highest BCUT2D eigenvalue weighted by Crippen LogP contribution is 2.24. The molecule has 22 nitrogen and oxygen atoms in total. The van der Waals surface area contributed by atoms with Gasteiger partial charge in [-0.1, -0.05) is 24.3 Å². The van der Waals surface area contributed by atoms with Crippen LogP contribution < -0.4 is 18.9 Å². The molecule has 2 heterocycles. The second-order valence-electron chi connectivity index (χ2n) is 11.1. The van der Waals surface area contributed by atoms with Gasteiger partial charge in [-0.2, -0.15) is 0 Å². The highest BCUT2D eigenvalue weighted by molar-refractivity contribution is 7.90. The van der Waals surface area contributed by atoms with Crippen LogP contribution in [0.4, 0.5) is 11.4 Å². The van der Waals surface area contributed by atoms with Gasteiger partial charge in [-0.3, -0.25) is 25.2 Å². The Morgan fingerprint density at radius 3 is 1.40 bits per heavy atom. The number of hydrogen-bond acceptors (Lipinski definition) is 18. The molecule has 0 aliphatic heterocycles. The summed E-state index contributed by atoms with van der Waals surface area (Å²) in [6.07, 6.45) is 0. The van der Waals surface area contributed by atoms with Gasteiger partial charge in [0, 0.05) is 49.5 Å². The van der Waals surface area contributed by atoms with Gasteiger partial charge in [0.05, 0.1) is 47.7 Å². The Bertz CT molecular complexity index is 2250. The molecule has 2 aromatic carbocycles. The number of esters is 2. The summed E-state index contributed by atoms with van der Waals surface area (Å²) in [5, 5.41) is 40.2. The monoisotopic (exact) mass is 850 g/mol. The number of aliphatic hydroxyl groups is 2. The number of rotatable bonds is 20. The van der Waals surface area contributed by atoms with Crippen LogP contribution in [0.25, 0.3) is 0 Å². The second-order valence-corrected chi connectivity index (χ2v) is 14.5. The number of aromatic nitrogens is 2. The van der Waals surface area contributed by atoms with E-state index in [2.05, 4.69) is 19.4 Å². The first-order valence-corrected chi connectivity index (χ1v) is 19.8. The number of carbonyl (C=O) groups is 2. The third kappa shape index (κ3) is 13.5. The van der Waals surface area contributed by atoms with Crippen LogP contribution in [0, 0.1) is 20.2 Å². The molecule has 0 aliphatic carbocycles. The molecule has 0 fully saturated rings. The fourth-order valence-corrected chi connectivity index (χ4v) is 6.95. The highest BCUT2D eigenvalue weighted by Gasteiger charge is 2.26. The van der Waals surface area contributed by atoms with E-state index < -0.39 is 63.0 Å². The zero-order chi connectivity index (χ0) is 42.9. The number of sulfonamides is 2. The molecule has 0 aliphatic rings. The molecule has 312 valence electrons. The number of benzene rings is 2. The van der Waals surface area contributed by atoms with Crippen LogP contribution in [0.5, 0.6) is 11.5 Å². The van der Waals surface area contributed by atoms with Crippen molar-refractivity contribution in [2.24, 2.45) is 0 Å². The van der Waals surface area contributed by atoms with E-state index in [9.17, 15) is 46.7 Å². The predicted octanol–water partition coefficient (Wildman–Crippen LogP) is 2.03. The Morgan fingerprint density at radius 1 is 0.655 bits per heavy atom. The number of hydrogen-bond donors (Lipinski definition) is 4. The SMILES string of the molecule is CCOC(=O)c1cc(OCCNS(=O)(=O)c2ccccc2[N+](=O)[O-])cc(C(=O)OCC)n1.O=[N+]([O-])c1ccccc1S(=O)(=O)NCCOc1cc(CO)nc(CO)c1. The quantitative estimate of drug-likeness (QED) is 0.0428. The summed E-state index contributed by atoms with van der Waals surface area (Å²) in [5.74, 6) is -1.20. The van der Waals surface area contributed by atoms with E-state index in [0.29, 0.717) is 17.1 Å². The molecular weight excluding hydrogens is 813 g/mol. The summed E-state index contributed by atoms with van der Waals surface area (Å²) in [5.41, 5.74) is -0.858. The van der Waals surface area contributed by atoms with Gasteiger partial charge >= 0.3 is 11.9 Å². The molecule has 4 aromatic rings. The Labute approximate surface area is 331 Å². The first kappa shape index (κ1) is 46.2. The van der Waals surface area contributed by atoms with E-state index in [4.69, 9.17) is 29.2 Å². The summed E-state index contributed by atoms with van der Waals surface area (Å²) in [4.78, 5) is 51.4. The summed E-state index contributed by atoms with van der Waals surface area (Å²) in [6, 6.07) is 15.3. The van der Waals surface area contributed by atoms with Crippen molar-refractivity contribution in [1.82, 2.24) is 19.4 Å². The number of aliphatic hydroxyl groups excluding tert-OH is 2. The summed E-state index contributed by atoms with van der Waals surface area (Å²) in [6.45, 7) is 2.04. The molecule has 0 spiro atoms. The van der Waals surface area contributed by atoms with Gasteiger partial charge in [-0.15, -0.1) is 0 Å². The molecule has 0 radical (unpaired) electrons. The summed E-state index contributed by atoms with van der Waals surface area (Å²) in [7, 11) is -8.26. The maximum atomic E-state index is 12.4. The third-order valence-electron chi connectivity index (χ3n) is 7.03. The van der Waals surface area contributed by atoms with Gasteiger partial charge in [0.1, 0.15) is 24.7 Å². The minimum Gasteiger partial charge on any atom is -0.492 e. The van der Waals surface area contributed by atoms with E-state index >= 15 is 0 Å². The number of ether oxygens (including phenoxy) is 4. The van der Waals surface area contributed by atoms with E-state index in [-0.39, 0.29) is 69.9 Å². The number of nitrogens with one attached hydrogen (secondary N) is 2. The highest BCUT2D eigenvalue weighted by atomic mass is 32.2. The maximum absolute atomic E-state index is 12.4. The number of para-hydroxylation sites is 2. The molecule has 0 atom stereocenters. The van der Waals surface area contributed by atoms with Crippen LogP contribution in [0.1, 0.15) is 46.2 Å². The second kappa shape index (κ2) is 21.9. The van der Waals surface area contributed by atoms with Crippen molar-refractivity contribution in [1.29, 1.82) is 0 Å². The van der Waals surface area contributed by atoms with Crippen molar-refractivity contribution >= 4 is 43.4 Å². The van der Waals surface area contributed by atoms with Gasteiger partial charge in [-0.25, -0.2) is 40.9 Å². The molecule has 0 bridgehead atoms. The Kier molecular flexibility index (Phi) is 17.5. The Hall–Kier alpha value is -6.18. The molecule has 4 N–H and O–H groups in total. The average Bonchev–Trinajstić information content (AvgIpc) is 3.21. The Morgan fingerprint density at radius 2 is 1.03 bits per heavy atom. The number of nitro groups is 2. The summed E-state index contributed by atoms with van der Waals surface area (Å²) >= 11 is 0. The van der Waals surface area contributed by atoms with Crippen molar-refractivity contribution in [3.8, 4) is 11.5 Å². The zero-order valence-corrected chi connectivity index (χ0v) is 32.4. The molecule has 0 saturated heterocycles. The van der Waals surface area contributed by atoms with Crippen LogP contribution in [0.15, 0.2) is 82.6 Å². The van der Waals surface area contributed by atoms with Crippen LogP contribution in [-0.2, 0) is 42.7 Å². The van der Waals surface area contributed by atoms with Gasteiger partial charge in [0.15, 0.2) is 21.2 Å². The van der Waals surface area contributed by atoms with Crippen molar-refractivity contribution < 1.29 is 65.4 Å².